The molecule has 8 heteroatoms. The van der Waals surface area contributed by atoms with Gasteiger partial charge in [0.25, 0.3) is 5.91 Å². The lowest BCUT2D eigenvalue weighted by Crippen LogP contribution is -2.27. The standard InChI is InChI=1S/C14H13F3N2O3/c1-19-10-3-2-9(14(15,16)17)6-8(10)7-11(19)13(22)18-5-4-12(20)21/h2-3,6-7H,4-5H2,1H3,(H,18,22)(H,20,21). The van der Waals surface area contributed by atoms with Gasteiger partial charge in [-0.1, -0.05) is 0 Å². The maximum Gasteiger partial charge on any atom is 0.416 e. The van der Waals surface area contributed by atoms with Crippen molar-refractivity contribution in [3.8, 4) is 0 Å². The van der Waals surface area contributed by atoms with Gasteiger partial charge in [-0.15, -0.1) is 0 Å². The minimum Gasteiger partial charge on any atom is -0.481 e. The lowest BCUT2D eigenvalue weighted by Gasteiger charge is -2.07. The first kappa shape index (κ1) is 15.9. The molecule has 1 heterocycles. The lowest BCUT2D eigenvalue weighted by molar-refractivity contribution is -0.138. The third kappa shape index (κ3) is 3.21. The van der Waals surface area contributed by atoms with Crippen LogP contribution in [0.1, 0.15) is 22.5 Å². The molecule has 2 rings (SSSR count). The van der Waals surface area contributed by atoms with Crippen molar-refractivity contribution in [2.45, 2.75) is 12.6 Å². The van der Waals surface area contributed by atoms with E-state index in [4.69, 9.17) is 5.11 Å². The molecule has 2 aromatic rings. The number of hydrogen-bond acceptors (Lipinski definition) is 2. The molecule has 118 valence electrons. The Labute approximate surface area is 123 Å². The van der Waals surface area contributed by atoms with Crippen LogP contribution in [-0.2, 0) is 18.0 Å². The van der Waals surface area contributed by atoms with E-state index in [1.165, 1.54) is 16.7 Å². The van der Waals surface area contributed by atoms with Gasteiger partial charge in [0.15, 0.2) is 0 Å². The van der Waals surface area contributed by atoms with Gasteiger partial charge in [-0.05, 0) is 24.3 Å². The topological polar surface area (TPSA) is 71.3 Å². The van der Waals surface area contributed by atoms with Gasteiger partial charge in [0, 0.05) is 24.5 Å². The predicted molar refractivity (Wildman–Crippen MR) is 72.5 cm³/mol. The zero-order valence-corrected chi connectivity index (χ0v) is 11.6. The van der Waals surface area contributed by atoms with E-state index < -0.39 is 23.6 Å². The van der Waals surface area contributed by atoms with Gasteiger partial charge in [-0.25, -0.2) is 0 Å². The molecule has 1 aromatic heterocycles. The Morgan fingerprint density at radius 3 is 2.55 bits per heavy atom. The number of nitrogens with zero attached hydrogens (tertiary/aromatic N) is 1. The zero-order chi connectivity index (χ0) is 16.5. The fraction of sp³-hybridized carbons (Fsp3) is 0.286. The fourth-order valence-electron chi connectivity index (χ4n) is 2.12. The highest BCUT2D eigenvalue weighted by molar-refractivity contribution is 5.99. The second-order valence-electron chi connectivity index (χ2n) is 4.76. The summed E-state index contributed by atoms with van der Waals surface area (Å²) in [7, 11) is 1.56. The number of fused-ring (bicyclic) bond motifs is 1. The Hall–Kier alpha value is -2.51. The number of aliphatic carboxylic acids is 1. The molecule has 0 aliphatic heterocycles. The van der Waals surface area contributed by atoms with Crippen LogP contribution in [0, 0.1) is 0 Å². The van der Waals surface area contributed by atoms with Crippen LogP contribution in [0.4, 0.5) is 13.2 Å². The molecule has 0 fully saturated rings. The first-order valence-electron chi connectivity index (χ1n) is 6.37. The number of rotatable bonds is 4. The molecule has 0 aliphatic rings. The van der Waals surface area contributed by atoms with E-state index in [9.17, 15) is 22.8 Å². The number of alkyl halides is 3. The summed E-state index contributed by atoms with van der Waals surface area (Å²) in [6.45, 7) is -0.0521. The second-order valence-corrected chi connectivity index (χ2v) is 4.76. The van der Waals surface area contributed by atoms with Crippen LogP contribution in [0.15, 0.2) is 24.3 Å². The highest BCUT2D eigenvalue weighted by Crippen LogP contribution is 2.32. The summed E-state index contributed by atoms with van der Waals surface area (Å²) >= 11 is 0. The number of carbonyl (C=O) groups is 2. The van der Waals surface area contributed by atoms with Crippen LogP contribution in [0.2, 0.25) is 0 Å². The van der Waals surface area contributed by atoms with Crippen molar-refractivity contribution >= 4 is 22.8 Å². The number of hydrogen-bond donors (Lipinski definition) is 2. The number of aryl methyl sites for hydroxylation is 1. The summed E-state index contributed by atoms with van der Waals surface area (Å²) in [4.78, 5) is 22.3. The monoisotopic (exact) mass is 314 g/mol. The fourth-order valence-corrected chi connectivity index (χ4v) is 2.12. The molecule has 5 nitrogen and oxygen atoms in total. The summed E-state index contributed by atoms with van der Waals surface area (Å²) < 4.78 is 39.5. The summed E-state index contributed by atoms with van der Waals surface area (Å²) in [5, 5.41) is 11.2. The lowest BCUT2D eigenvalue weighted by atomic mass is 10.1. The molecule has 0 spiro atoms. The Kier molecular flexibility index (Phi) is 4.11. The molecule has 0 saturated carbocycles. The Morgan fingerprint density at radius 1 is 1.27 bits per heavy atom. The minimum absolute atomic E-state index is 0.0521. The highest BCUT2D eigenvalue weighted by Gasteiger charge is 2.30. The number of carboxylic acids is 1. The molecule has 0 atom stereocenters. The van der Waals surface area contributed by atoms with Crippen LogP contribution < -0.4 is 5.32 Å². The molecule has 22 heavy (non-hydrogen) atoms. The Bertz CT molecular complexity index is 735. The normalized spacial score (nSPS) is 11.6. The number of nitrogens with one attached hydrogen (secondary N) is 1. The number of halogens is 3. The third-order valence-electron chi connectivity index (χ3n) is 3.23. The SMILES string of the molecule is Cn1c(C(=O)NCCC(=O)O)cc2cc(C(F)(F)F)ccc21. The van der Waals surface area contributed by atoms with Gasteiger partial charge < -0.3 is 15.0 Å². The molecule has 1 amide bonds. The van der Waals surface area contributed by atoms with Crippen LogP contribution in [0.5, 0.6) is 0 Å². The van der Waals surface area contributed by atoms with Gasteiger partial charge in [0.2, 0.25) is 0 Å². The van der Waals surface area contributed by atoms with Crippen LogP contribution in [-0.4, -0.2) is 28.1 Å². The largest absolute Gasteiger partial charge is 0.481 e. The van der Waals surface area contributed by atoms with Gasteiger partial charge in [0.1, 0.15) is 5.69 Å². The highest BCUT2D eigenvalue weighted by atomic mass is 19.4. The average molecular weight is 314 g/mol. The van der Waals surface area contributed by atoms with Crippen LogP contribution in [0.3, 0.4) is 0 Å². The van der Waals surface area contributed by atoms with E-state index in [-0.39, 0.29) is 18.7 Å². The molecule has 0 aliphatic carbocycles. The number of carbonyl (C=O) groups excluding carboxylic acids is 1. The molecule has 0 bridgehead atoms. The van der Waals surface area contributed by atoms with E-state index in [0.29, 0.717) is 10.9 Å². The van der Waals surface area contributed by atoms with Crippen molar-refractivity contribution in [3.05, 3.63) is 35.5 Å². The van der Waals surface area contributed by atoms with Gasteiger partial charge in [0.05, 0.1) is 12.0 Å². The molecule has 0 unspecified atom stereocenters. The Morgan fingerprint density at radius 2 is 1.95 bits per heavy atom. The van der Waals surface area contributed by atoms with E-state index in [1.807, 2.05) is 0 Å². The summed E-state index contributed by atoms with van der Waals surface area (Å²) in [5.74, 6) is -1.58. The molecule has 0 saturated heterocycles. The maximum atomic E-state index is 12.7. The van der Waals surface area contributed by atoms with Gasteiger partial charge >= 0.3 is 12.1 Å². The summed E-state index contributed by atoms with van der Waals surface area (Å²) in [5.41, 5.74) is -0.139. The quantitative estimate of drug-likeness (QED) is 0.910. The summed E-state index contributed by atoms with van der Waals surface area (Å²) in [6.07, 6.45) is -4.68. The summed E-state index contributed by atoms with van der Waals surface area (Å²) in [6, 6.07) is 4.57. The van der Waals surface area contributed by atoms with Crippen LogP contribution in [0.25, 0.3) is 10.9 Å². The van der Waals surface area contributed by atoms with E-state index in [0.717, 1.165) is 12.1 Å². The van der Waals surface area contributed by atoms with E-state index in [1.54, 1.807) is 7.05 Å². The predicted octanol–water partition coefficient (Wildman–Crippen LogP) is 2.40. The van der Waals surface area contributed by atoms with E-state index in [2.05, 4.69) is 5.32 Å². The van der Waals surface area contributed by atoms with Gasteiger partial charge in [-0.2, -0.15) is 13.2 Å². The van der Waals surface area contributed by atoms with Crippen LogP contribution >= 0.6 is 0 Å². The number of amides is 1. The van der Waals surface area contributed by atoms with Crippen molar-refractivity contribution in [2.24, 2.45) is 7.05 Å². The van der Waals surface area contributed by atoms with E-state index >= 15 is 0 Å². The average Bonchev–Trinajstić information content (AvgIpc) is 2.74. The molecule has 0 radical (unpaired) electrons. The number of benzene rings is 1. The smallest absolute Gasteiger partial charge is 0.416 e. The van der Waals surface area contributed by atoms with Crippen molar-refractivity contribution < 1.29 is 27.9 Å². The third-order valence-corrected chi connectivity index (χ3v) is 3.23. The van der Waals surface area contributed by atoms with Crippen molar-refractivity contribution in [1.29, 1.82) is 0 Å². The van der Waals surface area contributed by atoms with Crippen molar-refractivity contribution in [2.75, 3.05) is 6.54 Å². The number of carboxylic acid groups (broad SMARTS) is 1. The first-order valence-corrected chi connectivity index (χ1v) is 6.37. The zero-order valence-electron chi connectivity index (χ0n) is 11.6. The first-order chi connectivity index (χ1) is 10.2. The Balaban J connectivity index is 2.30. The molecule has 1 aromatic carbocycles. The minimum atomic E-state index is -4.45. The maximum absolute atomic E-state index is 12.7. The van der Waals surface area contributed by atoms with Crippen molar-refractivity contribution in [3.63, 3.8) is 0 Å². The number of aromatic nitrogens is 1. The molecular weight excluding hydrogens is 301 g/mol. The molecular formula is C14H13F3N2O3. The van der Waals surface area contributed by atoms with Crippen molar-refractivity contribution in [1.82, 2.24) is 9.88 Å². The molecule has 2 N–H and O–H groups in total. The van der Waals surface area contributed by atoms with Gasteiger partial charge in [-0.3, -0.25) is 9.59 Å². The second kappa shape index (κ2) is 5.70.